The molecule has 0 aliphatic rings. The van der Waals surface area contributed by atoms with Crippen LogP contribution in [-0.4, -0.2) is 17.1 Å². The standard InChI is InChI=1S/C9H10N2O3/c10-9(14)11-5-6-1-3-7(4-2-6)8(12)13/h1-4H,5H2,(H,12,13)(H3,10,11,14). The van der Waals surface area contributed by atoms with Crippen LogP contribution < -0.4 is 11.1 Å². The Balaban J connectivity index is 2.64. The number of primary amides is 1. The molecule has 2 amide bonds. The molecule has 5 nitrogen and oxygen atoms in total. The summed E-state index contributed by atoms with van der Waals surface area (Å²) in [4.78, 5) is 20.9. The molecule has 0 aromatic heterocycles. The Morgan fingerprint density at radius 1 is 1.29 bits per heavy atom. The maximum Gasteiger partial charge on any atom is 0.335 e. The van der Waals surface area contributed by atoms with Crippen molar-refractivity contribution in [3.05, 3.63) is 35.4 Å². The van der Waals surface area contributed by atoms with Crippen LogP contribution in [0.1, 0.15) is 15.9 Å². The van der Waals surface area contributed by atoms with Gasteiger partial charge >= 0.3 is 12.0 Å². The van der Waals surface area contributed by atoms with E-state index in [0.717, 1.165) is 5.56 Å². The monoisotopic (exact) mass is 194 g/mol. The van der Waals surface area contributed by atoms with Gasteiger partial charge in [0.15, 0.2) is 0 Å². The van der Waals surface area contributed by atoms with Gasteiger partial charge < -0.3 is 16.2 Å². The molecule has 0 radical (unpaired) electrons. The Morgan fingerprint density at radius 2 is 1.86 bits per heavy atom. The zero-order valence-corrected chi connectivity index (χ0v) is 7.36. The molecule has 1 aromatic carbocycles. The molecule has 1 aromatic rings. The van der Waals surface area contributed by atoms with Crippen molar-refractivity contribution in [2.75, 3.05) is 0 Å². The van der Waals surface area contributed by atoms with Crippen LogP contribution in [0.3, 0.4) is 0 Å². The second kappa shape index (κ2) is 4.27. The number of nitrogens with two attached hydrogens (primary N) is 1. The van der Waals surface area contributed by atoms with Crippen molar-refractivity contribution >= 4 is 12.0 Å². The van der Waals surface area contributed by atoms with Gasteiger partial charge in [-0.05, 0) is 17.7 Å². The number of benzene rings is 1. The predicted molar refractivity (Wildman–Crippen MR) is 49.8 cm³/mol. The van der Waals surface area contributed by atoms with Gasteiger partial charge in [0, 0.05) is 6.54 Å². The van der Waals surface area contributed by atoms with Gasteiger partial charge in [-0.15, -0.1) is 0 Å². The van der Waals surface area contributed by atoms with Gasteiger partial charge in [-0.2, -0.15) is 0 Å². The van der Waals surface area contributed by atoms with Crippen LogP contribution >= 0.6 is 0 Å². The van der Waals surface area contributed by atoms with Crippen molar-refractivity contribution in [3.8, 4) is 0 Å². The van der Waals surface area contributed by atoms with Crippen LogP contribution in [-0.2, 0) is 6.54 Å². The quantitative estimate of drug-likeness (QED) is 0.656. The topological polar surface area (TPSA) is 92.4 Å². The molecule has 0 bridgehead atoms. The van der Waals surface area contributed by atoms with E-state index in [1.165, 1.54) is 12.1 Å². The van der Waals surface area contributed by atoms with E-state index in [1.807, 2.05) is 0 Å². The Kier molecular flexibility index (Phi) is 3.06. The molecule has 0 atom stereocenters. The highest BCUT2D eigenvalue weighted by molar-refractivity contribution is 5.87. The highest BCUT2D eigenvalue weighted by Gasteiger charge is 2.01. The Hall–Kier alpha value is -2.04. The Bertz CT molecular complexity index is 346. The Morgan fingerprint density at radius 3 is 2.29 bits per heavy atom. The van der Waals surface area contributed by atoms with Crippen molar-refractivity contribution < 1.29 is 14.7 Å². The molecule has 0 aliphatic heterocycles. The first-order valence-electron chi connectivity index (χ1n) is 3.95. The van der Waals surface area contributed by atoms with Gasteiger partial charge in [-0.25, -0.2) is 9.59 Å². The van der Waals surface area contributed by atoms with E-state index < -0.39 is 12.0 Å². The molecule has 74 valence electrons. The Labute approximate surface area is 80.5 Å². The van der Waals surface area contributed by atoms with Crippen molar-refractivity contribution in [2.24, 2.45) is 5.73 Å². The molecule has 0 aliphatic carbocycles. The molecule has 0 heterocycles. The number of carbonyl (C=O) groups is 2. The predicted octanol–water partition coefficient (Wildman–Crippen LogP) is 0.553. The summed E-state index contributed by atoms with van der Waals surface area (Å²) in [5, 5.41) is 11.0. The third-order valence-corrected chi connectivity index (χ3v) is 1.67. The average Bonchev–Trinajstić information content (AvgIpc) is 2.15. The third kappa shape index (κ3) is 2.78. The molecule has 5 heteroatoms. The summed E-state index contributed by atoms with van der Waals surface area (Å²) in [5.41, 5.74) is 5.89. The highest BCUT2D eigenvalue weighted by Crippen LogP contribution is 2.03. The van der Waals surface area contributed by atoms with Crippen molar-refractivity contribution in [1.29, 1.82) is 0 Å². The first-order chi connectivity index (χ1) is 6.59. The molecule has 0 saturated carbocycles. The lowest BCUT2D eigenvalue weighted by molar-refractivity contribution is 0.0697. The number of carbonyl (C=O) groups excluding carboxylic acids is 1. The SMILES string of the molecule is NC(=O)NCc1ccc(C(=O)O)cc1. The summed E-state index contributed by atoms with van der Waals surface area (Å²) >= 11 is 0. The number of aromatic carboxylic acids is 1. The van der Waals surface area contributed by atoms with E-state index in [9.17, 15) is 9.59 Å². The maximum atomic E-state index is 10.5. The minimum absolute atomic E-state index is 0.216. The first kappa shape index (κ1) is 10.0. The number of rotatable bonds is 3. The number of amides is 2. The van der Waals surface area contributed by atoms with E-state index in [4.69, 9.17) is 10.8 Å². The van der Waals surface area contributed by atoms with Gasteiger partial charge in [0.05, 0.1) is 5.56 Å². The van der Waals surface area contributed by atoms with Crippen molar-refractivity contribution in [2.45, 2.75) is 6.54 Å². The van der Waals surface area contributed by atoms with Gasteiger partial charge in [0.2, 0.25) is 0 Å². The molecular weight excluding hydrogens is 184 g/mol. The van der Waals surface area contributed by atoms with Crippen LogP contribution in [0, 0.1) is 0 Å². The maximum absolute atomic E-state index is 10.5. The number of nitrogens with one attached hydrogen (secondary N) is 1. The smallest absolute Gasteiger partial charge is 0.335 e. The van der Waals surface area contributed by atoms with Gasteiger partial charge in [0.25, 0.3) is 0 Å². The lowest BCUT2D eigenvalue weighted by atomic mass is 10.1. The highest BCUT2D eigenvalue weighted by atomic mass is 16.4. The van der Waals surface area contributed by atoms with E-state index in [1.54, 1.807) is 12.1 Å². The van der Waals surface area contributed by atoms with Crippen LogP contribution in [0.25, 0.3) is 0 Å². The van der Waals surface area contributed by atoms with Crippen LogP contribution in [0.2, 0.25) is 0 Å². The lowest BCUT2D eigenvalue weighted by Crippen LogP contribution is -2.28. The fourth-order valence-electron chi connectivity index (χ4n) is 0.954. The molecule has 0 spiro atoms. The lowest BCUT2D eigenvalue weighted by Gasteiger charge is -2.01. The number of carboxylic acids is 1. The molecule has 0 saturated heterocycles. The second-order valence-corrected chi connectivity index (χ2v) is 2.72. The molecule has 1 rings (SSSR count). The minimum atomic E-state index is -0.973. The zero-order valence-electron chi connectivity index (χ0n) is 7.36. The van der Waals surface area contributed by atoms with Crippen LogP contribution in [0.5, 0.6) is 0 Å². The zero-order chi connectivity index (χ0) is 10.6. The van der Waals surface area contributed by atoms with E-state index >= 15 is 0 Å². The van der Waals surface area contributed by atoms with Gasteiger partial charge in [0.1, 0.15) is 0 Å². The summed E-state index contributed by atoms with van der Waals surface area (Å²) < 4.78 is 0. The largest absolute Gasteiger partial charge is 0.478 e. The van der Waals surface area contributed by atoms with E-state index in [2.05, 4.69) is 5.32 Å². The molecular formula is C9H10N2O3. The summed E-state index contributed by atoms with van der Waals surface area (Å²) in [6, 6.07) is 5.59. The van der Waals surface area contributed by atoms with E-state index in [0.29, 0.717) is 6.54 Å². The fourth-order valence-corrected chi connectivity index (χ4v) is 0.954. The third-order valence-electron chi connectivity index (χ3n) is 1.67. The summed E-state index contributed by atoms with van der Waals surface area (Å²) in [5.74, 6) is -0.973. The number of urea groups is 1. The summed E-state index contributed by atoms with van der Waals surface area (Å²) in [6.07, 6.45) is 0. The molecule has 0 fully saturated rings. The number of hydrogen-bond donors (Lipinski definition) is 3. The van der Waals surface area contributed by atoms with Crippen molar-refractivity contribution in [1.82, 2.24) is 5.32 Å². The van der Waals surface area contributed by atoms with Crippen LogP contribution in [0.4, 0.5) is 4.79 Å². The molecule has 14 heavy (non-hydrogen) atoms. The number of hydrogen-bond acceptors (Lipinski definition) is 2. The van der Waals surface area contributed by atoms with Gasteiger partial charge in [-0.1, -0.05) is 12.1 Å². The summed E-state index contributed by atoms with van der Waals surface area (Å²) in [6.45, 7) is 0.301. The molecule has 4 N–H and O–H groups in total. The second-order valence-electron chi connectivity index (χ2n) is 2.72. The van der Waals surface area contributed by atoms with Crippen molar-refractivity contribution in [3.63, 3.8) is 0 Å². The first-order valence-corrected chi connectivity index (χ1v) is 3.95. The fraction of sp³-hybridized carbons (Fsp3) is 0.111. The normalized spacial score (nSPS) is 9.43. The molecule has 0 unspecified atom stereocenters. The van der Waals surface area contributed by atoms with E-state index in [-0.39, 0.29) is 5.56 Å². The van der Waals surface area contributed by atoms with Gasteiger partial charge in [-0.3, -0.25) is 0 Å². The minimum Gasteiger partial charge on any atom is -0.478 e. The summed E-state index contributed by atoms with van der Waals surface area (Å²) in [7, 11) is 0. The average molecular weight is 194 g/mol. The van der Waals surface area contributed by atoms with Crippen LogP contribution in [0.15, 0.2) is 24.3 Å². The number of carboxylic acid groups (broad SMARTS) is 1.